The molecule has 0 amide bonds. The zero-order valence-corrected chi connectivity index (χ0v) is 6.96. The molecule has 62 valence electrons. The van der Waals surface area contributed by atoms with Crippen LogP contribution in [0.5, 0.6) is 0 Å². The highest BCUT2D eigenvalue weighted by Crippen LogP contribution is 2.16. The van der Waals surface area contributed by atoms with Crippen LogP contribution in [0.25, 0.3) is 11.5 Å². The molecule has 0 bridgehead atoms. The van der Waals surface area contributed by atoms with Gasteiger partial charge in [0.05, 0.1) is 12.4 Å². The number of aryl methyl sites for hydroxylation is 2. The summed E-state index contributed by atoms with van der Waals surface area (Å²) in [5.74, 6) is 2.27. The average molecular weight is 163 g/mol. The fourth-order valence-electron chi connectivity index (χ4n) is 1.03. The molecule has 0 unspecified atom stereocenters. The van der Waals surface area contributed by atoms with Crippen LogP contribution in [0.4, 0.5) is 0 Å². The van der Waals surface area contributed by atoms with Crippen LogP contribution < -0.4 is 0 Å². The van der Waals surface area contributed by atoms with Crippen LogP contribution in [-0.2, 0) is 0 Å². The number of H-pyrrole nitrogens is 1. The molecule has 0 aliphatic rings. The number of nitrogens with one attached hydrogen (secondary N) is 1. The first kappa shape index (κ1) is 7.09. The standard InChI is InChI=1S/C8H9N3O/c1-5-9-3-7(11-5)8-4-10-6(2)12-8/h3-4H,1-2H3,(H,9,11). The van der Waals surface area contributed by atoms with Crippen molar-refractivity contribution in [1.82, 2.24) is 15.0 Å². The van der Waals surface area contributed by atoms with E-state index in [1.54, 1.807) is 12.4 Å². The Morgan fingerprint density at radius 1 is 1.25 bits per heavy atom. The Morgan fingerprint density at radius 3 is 2.58 bits per heavy atom. The first-order chi connectivity index (χ1) is 5.75. The van der Waals surface area contributed by atoms with Crippen LogP contribution in [-0.4, -0.2) is 15.0 Å². The van der Waals surface area contributed by atoms with Crippen LogP contribution in [0.3, 0.4) is 0 Å². The third-order valence-corrected chi connectivity index (χ3v) is 1.59. The van der Waals surface area contributed by atoms with Crippen molar-refractivity contribution < 1.29 is 4.42 Å². The summed E-state index contributed by atoms with van der Waals surface area (Å²) >= 11 is 0. The van der Waals surface area contributed by atoms with Crippen molar-refractivity contribution >= 4 is 0 Å². The second-order valence-electron chi connectivity index (χ2n) is 2.63. The maximum atomic E-state index is 5.30. The zero-order valence-electron chi connectivity index (χ0n) is 6.96. The minimum Gasteiger partial charge on any atom is -0.439 e. The highest BCUT2D eigenvalue weighted by Gasteiger charge is 2.04. The monoisotopic (exact) mass is 163 g/mol. The number of rotatable bonds is 1. The molecule has 0 saturated carbocycles. The second kappa shape index (κ2) is 2.48. The van der Waals surface area contributed by atoms with E-state index in [-0.39, 0.29) is 0 Å². The maximum Gasteiger partial charge on any atom is 0.191 e. The molecular formula is C8H9N3O. The molecule has 2 rings (SSSR count). The zero-order chi connectivity index (χ0) is 8.55. The Morgan fingerprint density at radius 2 is 2.08 bits per heavy atom. The summed E-state index contributed by atoms with van der Waals surface area (Å²) in [6, 6.07) is 0. The van der Waals surface area contributed by atoms with Crippen LogP contribution in [0.15, 0.2) is 16.8 Å². The molecule has 0 spiro atoms. The first-order valence-corrected chi connectivity index (χ1v) is 3.70. The van der Waals surface area contributed by atoms with Gasteiger partial charge in [0.25, 0.3) is 0 Å². The van der Waals surface area contributed by atoms with E-state index in [0.29, 0.717) is 5.89 Å². The van der Waals surface area contributed by atoms with Gasteiger partial charge in [-0.1, -0.05) is 0 Å². The lowest BCUT2D eigenvalue weighted by atomic mass is 10.4. The average Bonchev–Trinajstić information content (AvgIpc) is 2.58. The number of oxazole rings is 1. The Balaban J connectivity index is 2.43. The Kier molecular flexibility index (Phi) is 1.46. The van der Waals surface area contributed by atoms with Crippen molar-refractivity contribution in [3.05, 3.63) is 24.1 Å². The van der Waals surface area contributed by atoms with E-state index in [2.05, 4.69) is 15.0 Å². The largest absolute Gasteiger partial charge is 0.439 e. The van der Waals surface area contributed by atoms with Crippen molar-refractivity contribution in [3.8, 4) is 11.5 Å². The van der Waals surface area contributed by atoms with Gasteiger partial charge in [-0.2, -0.15) is 0 Å². The van der Waals surface area contributed by atoms with E-state index in [1.807, 2.05) is 13.8 Å². The van der Waals surface area contributed by atoms with Gasteiger partial charge >= 0.3 is 0 Å². The van der Waals surface area contributed by atoms with Crippen molar-refractivity contribution in [2.75, 3.05) is 0 Å². The molecule has 0 radical (unpaired) electrons. The van der Waals surface area contributed by atoms with Gasteiger partial charge < -0.3 is 9.40 Å². The predicted octanol–water partition coefficient (Wildman–Crippen LogP) is 1.68. The van der Waals surface area contributed by atoms with Crippen molar-refractivity contribution in [2.45, 2.75) is 13.8 Å². The van der Waals surface area contributed by atoms with Gasteiger partial charge in [-0.05, 0) is 6.92 Å². The summed E-state index contributed by atoms with van der Waals surface area (Å²) in [4.78, 5) is 11.1. The number of hydrogen-bond acceptors (Lipinski definition) is 3. The van der Waals surface area contributed by atoms with Gasteiger partial charge in [0.2, 0.25) is 0 Å². The molecule has 2 heterocycles. The van der Waals surface area contributed by atoms with Gasteiger partial charge in [-0.3, -0.25) is 0 Å². The maximum absolute atomic E-state index is 5.30. The summed E-state index contributed by atoms with van der Waals surface area (Å²) in [6.07, 6.45) is 3.41. The lowest BCUT2D eigenvalue weighted by molar-refractivity contribution is 0.533. The van der Waals surface area contributed by atoms with Gasteiger partial charge in [0, 0.05) is 6.92 Å². The number of imidazole rings is 1. The summed E-state index contributed by atoms with van der Waals surface area (Å²) in [6.45, 7) is 3.71. The molecule has 0 aromatic carbocycles. The smallest absolute Gasteiger partial charge is 0.191 e. The number of hydrogen-bond donors (Lipinski definition) is 1. The molecule has 4 heteroatoms. The summed E-state index contributed by atoms with van der Waals surface area (Å²) in [7, 11) is 0. The minimum atomic E-state index is 0.664. The first-order valence-electron chi connectivity index (χ1n) is 3.70. The summed E-state index contributed by atoms with van der Waals surface area (Å²) in [5, 5.41) is 0. The Hall–Kier alpha value is -1.58. The molecule has 2 aromatic heterocycles. The number of nitrogens with zero attached hydrogens (tertiary/aromatic N) is 2. The normalized spacial score (nSPS) is 10.5. The van der Waals surface area contributed by atoms with Crippen molar-refractivity contribution in [2.24, 2.45) is 0 Å². The molecule has 0 atom stereocenters. The quantitative estimate of drug-likeness (QED) is 0.695. The molecular weight excluding hydrogens is 154 g/mol. The van der Waals surface area contributed by atoms with Gasteiger partial charge in [-0.15, -0.1) is 0 Å². The summed E-state index contributed by atoms with van der Waals surface area (Å²) < 4.78 is 5.30. The van der Waals surface area contributed by atoms with E-state index < -0.39 is 0 Å². The highest BCUT2D eigenvalue weighted by molar-refractivity contribution is 5.49. The Labute approximate surface area is 69.7 Å². The third-order valence-electron chi connectivity index (χ3n) is 1.59. The molecule has 0 saturated heterocycles. The fourth-order valence-corrected chi connectivity index (χ4v) is 1.03. The molecule has 2 aromatic rings. The highest BCUT2D eigenvalue weighted by atomic mass is 16.4. The van der Waals surface area contributed by atoms with Crippen LogP contribution in [0, 0.1) is 13.8 Å². The molecule has 4 nitrogen and oxygen atoms in total. The lowest BCUT2D eigenvalue weighted by Gasteiger charge is -1.86. The predicted molar refractivity (Wildman–Crippen MR) is 43.6 cm³/mol. The minimum absolute atomic E-state index is 0.664. The van der Waals surface area contributed by atoms with Gasteiger partial charge in [0.1, 0.15) is 11.5 Å². The van der Waals surface area contributed by atoms with E-state index in [4.69, 9.17) is 4.42 Å². The summed E-state index contributed by atoms with van der Waals surface area (Å²) in [5.41, 5.74) is 0.869. The molecule has 12 heavy (non-hydrogen) atoms. The van der Waals surface area contributed by atoms with Crippen molar-refractivity contribution in [3.63, 3.8) is 0 Å². The molecule has 0 fully saturated rings. The molecule has 0 aliphatic carbocycles. The van der Waals surface area contributed by atoms with Crippen molar-refractivity contribution in [1.29, 1.82) is 0 Å². The molecule has 0 aliphatic heterocycles. The second-order valence-corrected chi connectivity index (χ2v) is 2.63. The lowest BCUT2D eigenvalue weighted by Crippen LogP contribution is -1.73. The van der Waals surface area contributed by atoms with E-state index in [9.17, 15) is 0 Å². The SMILES string of the molecule is Cc1ncc(-c2cnc(C)o2)[nH]1. The van der Waals surface area contributed by atoms with Crippen LogP contribution in [0.2, 0.25) is 0 Å². The van der Waals surface area contributed by atoms with E-state index in [0.717, 1.165) is 17.3 Å². The Bertz CT molecular complexity index is 350. The fraction of sp³-hybridized carbons (Fsp3) is 0.250. The van der Waals surface area contributed by atoms with E-state index in [1.165, 1.54) is 0 Å². The number of aromatic amines is 1. The van der Waals surface area contributed by atoms with Crippen LogP contribution >= 0.6 is 0 Å². The van der Waals surface area contributed by atoms with Crippen LogP contribution in [0.1, 0.15) is 11.7 Å². The van der Waals surface area contributed by atoms with E-state index >= 15 is 0 Å². The number of aromatic nitrogens is 3. The molecule has 1 N–H and O–H groups in total. The van der Waals surface area contributed by atoms with Gasteiger partial charge in [0.15, 0.2) is 11.7 Å². The van der Waals surface area contributed by atoms with Gasteiger partial charge in [-0.25, -0.2) is 9.97 Å². The topological polar surface area (TPSA) is 54.7 Å². The third kappa shape index (κ3) is 1.11.